The zero-order valence-corrected chi connectivity index (χ0v) is 13.6. The number of anilines is 1. The minimum absolute atomic E-state index is 0.323. The molecule has 0 aliphatic heterocycles. The molecule has 0 bridgehead atoms. The Morgan fingerprint density at radius 2 is 1.91 bits per heavy atom. The number of aryl methyl sites for hydroxylation is 2. The number of methoxy groups -OCH3 is 1. The van der Waals surface area contributed by atoms with Gasteiger partial charge in [0.05, 0.1) is 30.6 Å². The molecule has 23 heavy (non-hydrogen) atoms. The summed E-state index contributed by atoms with van der Waals surface area (Å²) < 4.78 is 4.84. The molecule has 6 heteroatoms. The van der Waals surface area contributed by atoms with Gasteiger partial charge in [0.25, 0.3) is 0 Å². The molecule has 2 aromatic heterocycles. The van der Waals surface area contributed by atoms with E-state index >= 15 is 0 Å². The topological polar surface area (TPSA) is 77.0 Å². The van der Waals surface area contributed by atoms with Gasteiger partial charge in [0, 0.05) is 17.3 Å². The van der Waals surface area contributed by atoms with Gasteiger partial charge in [-0.15, -0.1) is 0 Å². The number of nitrogens with one attached hydrogen (secondary N) is 1. The first-order chi connectivity index (χ1) is 11.1. The zero-order chi connectivity index (χ0) is 16.4. The third-order valence-electron chi connectivity index (χ3n) is 3.76. The molecule has 1 N–H and O–H groups in total. The van der Waals surface area contributed by atoms with Crippen molar-refractivity contribution in [3.05, 3.63) is 46.5 Å². The fraction of sp³-hybridized carbons (Fsp3) is 0.412. The number of nitrogens with zero attached hydrogens (tertiary/aromatic N) is 3. The van der Waals surface area contributed by atoms with E-state index in [-0.39, 0.29) is 5.97 Å². The molecule has 0 amide bonds. The van der Waals surface area contributed by atoms with E-state index in [1.165, 1.54) is 7.11 Å². The molecular weight excluding hydrogens is 292 g/mol. The van der Waals surface area contributed by atoms with Crippen molar-refractivity contribution in [2.24, 2.45) is 0 Å². The van der Waals surface area contributed by atoms with Crippen molar-refractivity contribution in [2.75, 3.05) is 12.4 Å². The van der Waals surface area contributed by atoms with Crippen LogP contribution in [-0.4, -0.2) is 28.0 Å². The van der Waals surface area contributed by atoms with Gasteiger partial charge in [0.15, 0.2) is 0 Å². The Morgan fingerprint density at radius 3 is 2.52 bits per heavy atom. The predicted molar refractivity (Wildman–Crippen MR) is 86.4 cm³/mol. The van der Waals surface area contributed by atoms with Gasteiger partial charge >= 0.3 is 5.97 Å². The molecule has 1 aliphatic carbocycles. The second-order valence-corrected chi connectivity index (χ2v) is 5.83. The molecule has 2 aromatic rings. The molecule has 0 atom stereocenters. The molecular formula is C17H20N4O2. The highest BCUT2D eigenvalue weighted by molar-refractivity contribution is 5.90. The van der Waals surface area contributed by atoms with Gasteiger partial charge in [-0.2, -0.15) is 0 Å². The van der Waals surface area contributed by atoms with Crippen LogP contribution in [0.5, 0.6) is 0 Å². The van der Waals surface area contributed by atoms with Crippen LogP contribution in [0.2, 0.25) is 0 Å². The summed E-state index contributed by atoms with van der Waals surface area (Å²) in [6.07, 6.45) is 2.15. The second-order valence-electron chi connectivity index (χ2n) is 5.83. The van der Waals surface area contributed by atoms with E-state index < -0.39 is 0 Å². The fourth-order valence-electron chi connectivity index (χ4n) is 2.54. The number of pyridine rings is 1. The predicted octanol–water partition coefficient (Wildman–Crippen LogP) is 2.76. The minimum Gasteiger partial charge on any atom is -0.465 e. The van der Waals surface area contributed by atoms with Crippen molar-refractivity contribution in [3.63, 3.8) is 0 Å². The molecule has 0 aromatic carbocycles. The van der Waals surface area contributed by atoms with Gasteiger partial charge in [0.1, 0.15) is 0 Å². The summed E-state index contributed by atoms with van der Waals surface area (Å²) in [6.45, 7) is 4.40. The normalized spacial score (nSPS) is 13.7. The first kappa shape index (κ1) is 15.4. The number of rotatable bonds is 5. The van der Waals surface area contributed by atoms with Crippen LogP contribution in [0, 0.1) is 13.8 Å². The van der Waals surface area contributed by atoms with Crippen LogP contribution in [0.4, 0.5) is 5.95 Å². The van der Waals surface area contributed by atoms with Crippen LogP contribution in [0.15, 0.2) is 18.2 Å². The van der Waals surface area contributed by atoms with E-state index in [4.69, 9.17) is 4.74 Å². The monoisotopic (exact) mass is 312 g/mol. The van der Waals surface area contributed by atoms with Gasteiger partial charge < -0.3 is 10.1 Å². The highest BCUT2D eigenvalue weighted by atomic mass is 16.5. The summed E-state index contributed by atoms with van der Waals surface area (Å²) in [5, 5.41) is 3.19. The maximum Gasteiger partial charge on any atom is 0.339 e. The smallest absolute Gasteiger partial charge is 0.339 e. The molecule has 3 rings (SSSR count). The SMILES string of the molecule is COC(=O)c1ccc(CNc2nc(C)cc(C)n2)nc1C1CC1. The van der Waals surface area contributed by atoms with E-state index in [2.05, 4.69) is 20.3 Å². The fourth-order valence-corrected chi connectivity index (χ4v) is 2.54. The second kappa shape index (κ2) is 6.32. The molecule has 1 aliphatic rings. The Hall–Kier alpha value is -2.50. The van der Waals surface area contributed by atoms with Crippen molar-refractivity contribution in [2.45, 2.75) is 39.2 Å². The Balaban J connectivity index is 1.78. The minimum atomic E-state index is -0.323. The van der Waals surface area contributed by atoms with E-state index in [1.807, 2.05) is 26.0 Å². The Kier molecular flexibility index (Phi) is 4.23. The van der Waals surface area contributed by atoms with Gasteiger partial charge in [-0.05, 0) is 44.9 Å². The summed E-state index contributed by atoms with van der Waals surface area (Å²) in [7, 11) is 1.39. The van der Waals surface area contributed by atoms with Crippen LogP contribution in [0.25, 0.3) is 0 Å². The van der Waals surface area contributed by atoms with E-state index in [0.29, 0.717) is 24.0 Å². The van der Waals surface area contributed by atoms with Crippen LogP contribution < -0.4 is 5.32 Å². The van der Waals surface area contributed by atoms with Crippen LogP contribution in [0.1, 0.15) is 51.9 Å². The first-order valence-electron chi connectivity index (χ1n) is 7.71. The van der Waals surface area contributed by atoms with Gasteiger partial charge in [0.2, 0.25) is 5.95 Å². The lowest BCUT2D eigenvalue weighted by atomic mass is 10.1. The molecule has 0 unspecified atom stereocenters. The lowest BCUT2D eigenvalue weighted by molar-refractivity contribution is 0.0598. The number of carbonyl (C=O) groups is 1. The van der Waals surface area contributed by atoms with Crippen LogP contribution in [0.3, 0.4) is 0 Å². The average molecular weight is 312 g/mol. The summed E-state index contributed by atoms with van der Waals surface area (Å²) in [5.41, 5.74) is 4.13. The number of ether oxygens (including phenoxy) is 1. The molecule has 0 radical (unpaired) electrons. The first-order valence-corrected chi connectivity index (χ1v) is 7.71. The average Bonchev–Trinajstić information content (AvgIpc) is 3.36. The summed E-state index contributed by atoms with van der Waals surface area (Å²) in [6, 6.07) is 5.57. The number of aromatic nitrogens is 3. The summed E-state index contributed by atoms with van der Waals surface area (Å²) >= 11 is 0. The van der Waals surface area contributed by atoms with Crippen LogP contribution >= 0.6 is 0 Å². The molecule has 6 nitrogen and oxygen atoms in total. The third kappa shape index (κ3) is 3.64. The van der Waals surface area contributed by atoms with Gasteiger partial charge in [-0.3, -0.25) is 4.98 Å². The standard InChI is InChI=1S/C17H20N4O2/c1-10-8-11(2)20-17(19-10)18-9-13-6-7-14(16(22)23-3)15(21-13)12-4-5-12/h6-8,12H,4-5,9H2,1-3H3,(H,18,19,20). The molecule has 0 saturated heterocycles. The quantitative estimate of drug-likeness (QED) is 0.855. The van der Waals surface area contributed by atoms with E-state index in [1.54, 1.807) is 6.07 Å². The maximum atomic E-state index is 11.8. The Bertz CT molecular complexity index is 721. The van der Waals surface area contributed by atoms with Crippen molar-refractivity contribution < 1.29 is 9.53 Å². The van der Waals surface area contributed by atoms with Crippen molar-refractivity contribution in [1.82, 2.24) is 15.0 Å². The largest absolute Gasteiger partial charge is 0.465 e. The van der Waals surface area contributed by atoms with Crippen molar-refractivity contribution >= 4 is 11.9 Å². The molecule has 0 spiro atoms. The third-order valence-corrected chi connectivity index (χ3v) is 3.76. The number of hydrogen-bond acceptors (Lipinski definition) is 6. The van der Waals surface area contributed by atoms with Crippen molar-refractivity contribution in [1.29, 1.82) is 0 Å². The number of esters is 1. The number of hydrogen-bond donors (Lipinski definition) is 1. The van der Waals surface area contributed by atoms with Crippen LogP contribution in [-0.2, 0) is 11.3 Å². The van der Waals surface area contributed by atoms with E-state index in [9.17, 15) is 4.79 Å². The lowest BCUT2D eigenvalue weighted by Crippen LogP contribution is -2.11. The van der Waals surface area contributed by atoms with Gasteiger partial charge in [-0.25, -0.2) is 14.8 Å². The van der Waals surface area contributed by atoms with E-state index in [0.717, 1.165) is 35.6 Å². The number of carbonyl (C=O) groups excluding carboxylic acids is 1. The lowest BCUT2D eigenvalue weighted by Gasteiger charge is -2.10. The molecule has 120 valence electrons. The van der Waals surface area contributed by atoms with Gasteiger partial charge in [-0.1, -0.05) is 0 Å². The molecule has 1 fully saturated rings. The Morgan fingerprint density at radius 1 is 1.22 bits per heavy atom. The highest BCUT2D eigenvalue weighted by Gasteiger charge is 2.30. The Labute approximate surface area is 135 Å². The zero-order valence-electron chi connectivity index (χ0n) is 13.6. The summed E-state index contributed by atoms with van der Waals surface area (Å²) in [5.74, 6) is 0.646. The molecule has 1 saturated carbocycles. The molecule has 2 heterocycles. The summed E-state index contributed by atoms with van der Waals surface area (Å²) in [4.78, 5) is 25.2. The maximum absolute atomic E-state index is 11.8. The highest BCUT2D eigenvalue weighted by Crippen LogP contribution is 2.40. The van der Waals surface area contributed by atoms with Crippen molar-refractivity contribution in [3.8, 4) is 0 Å².